The van der Waals surface area contributed by atoms with Gasteiger partial charge in [0.25, 0.3) is 10.0 Å². The van der Waals surface area contributed by atoms with Crippen LogP contribution in [0.1, 0.15) is 27.7 Å². The van der Waals surface area contributed by atoms with Crippen molar-refractivity contribution in [1.82, 2.24) is 0 Å². The van der Waals surface area contributed by atoms with Crippen LogP contribution in [0.2, 0.25) is 5.02 Å². The fourth-order valence-corrected chi connectivity index (χ4v) is 8.02. The van der Waals surface area contributed by atoms with Crippen molar-refractivity contribution >= 4 is 73.9 Å². The van der Waals surface area contributed by atoms with Crippen LogP contribution in [0.25, 0.3) is 10.8 Å². The number of carbonyl (C=O) groups excluding carboxylic acids is 2. The first kappa shape index (κ1) is 34.6. The first-order valence-electron chi connectivity index (χ1n) is 12.7. The maximum Gasteiger partial charge on any atom is 0.510 e. The van der Waals surface area contributed by atoms with E-state index in [2.05, 4.69) is 15.9 Å². The van der Waals surface area contributed by atoms with Crippen LogP contribution in [0.4, 0.5) is 15.3 Å². The quantitative estimate of drug-likeness (QED) is 0.0974. The molecule has 0 unspecified atom stereocenters. The Morgan fingerprint density at radius 1 is 0.884 bits per heavy atom. The number of hydrogen-bond donors (Lipinski definition) is 0. The van der Waals surface area contributed by atoms with E-state index in [0.29, 0.717) is 15.2 Å². The Kier molecular flexibility index (Phi) is 12.3. The zero-order chi connectivity index (χ0) is 31.8. The summed E-state index contributed by atoms with van der Waals surface area (Å²) in [5.74, 6) is 0. The lowest BCUT2D eigenvalue weighted by atomic mass is 10.1. The van der Waals surface area contributed by atoms with Crippen molar-refractivity contribution in [3.05, 3.63) is 70.2 Å². The van der Waals surface area contributed by atoms with Crippen molar-refractivity contribution in [2.45, 2.75) is 44.8 Å². The average Bonchev–Trinajstić information content (AvgIpc) is 2.90. The molecular weight excluding hydrogens is 693 g/mol. The highest BCUT2D eigenvalue weighted by molar-refractivity contribution is 9.10. The number of rotatable bonds is 13. The molecule has 0 amide bonds. The molecular formula is C27H30BrClNO11PS. The molecule has 0 heterocycles. The summed E-state index contributed by atoms with van der Waals surface area (Å²) in [4.78, 5) is 23.5. The van der Waals surface area contributed by atoms with Crippen LogP contribution in [0.15, 0.2) is 70.0 Å². The summed E-state index contributed by atoms with van der Waals surface area (Å²) < 4.78 is 73.7. The van der Waals surface area contributed by atoms with E-state index in [1.165, 1.54) is 24.3 Å². The van der Waals surface area contributed by atoms with Gasteiger partial charge in [-0.25, -0.2) is 18.0 Å². The van der Waals surface area contributed by atoms with Gasteiger partial charge >= 0.3 is 19.9 Å². The summed E-state index contributed by atoms with van der Waals surface area (Å²) in [5.41, 5.74) is 0.127. The van der Waals surface area contributed by atoms with Gasteiger partial charge in [-0.05, 0) is 57.3 Å². The average molecular weight is 723 g/mol. The van der Waals surface area contributed by atoms with Crippen LogP contribution in [-0.4, -0.2) is 52.8 Å². The summed E-state index contributed by atoms with van der Waals surface area (Å²) in [5, 5.41) is 1.30. The summed E-state index contributed by atoms with van der Waals surface area (Å²) >= 11 is 9.41. The molecule has 16 heteroatoms. The Balaban J connectivity index is 2.05. The third kappa shape index (κ3) is 10.1. The normalized spacial score (nSPS) is 11.9. The van der Waals surface area contributed by atoms with Crippen LogP contribution < -0.4 is 4.31 Å². The first-order chi connectivity index (χ1) is 20.2. The van der Waals surface area contributed by atoms with Gasteiger partial charge in [0.15, 0.2) is 0 Å². The van der Waals surface area contributed by atoms with E-state index in [1.807, 2.05) is 0 Å². The Morgan fingerprint density at radius 2 is 1.44 bits per heavy atom. The Labute approximate surface area is 262 Å². The number of anilines is 1. The zero-order valence-electron chi connectivity index (χ0n) is 23.6. The smallest absolute Gasteiger partial charge is 0.432 e. The van der Waals surface area contributed by atoms with Crippen molar-refractivity contribution in [1.29, 1.82) is 0 Å². The van der Waals surface area contributed by atoms with E-state index in [4.69, 9.17) is 39.6 Å². The number of hydrogen-bond acceptors (Lipinski definition) is 11. The maximum absolute atomic E-state index is 14.2. The highest BCUT2D eigenvalue weighted by Crippen LogP contribution is 2.51. The predicted octanol–water partition coefficient (Wildman–Crippen LogP) is 7.67. The van der Waals surface area contributed by atoms with E-state index in [-0.39, 0.29) is 15.6 Å². The van der Waals surface area contributed by atoms with Gasteiger partial charge in [0.05, 0.1) is 22.8 Å². The second kappa shape index (κ2) is 15.2. The molecule has 0 aliphatic carbocycles. The highest BCUT2D eigenvalue weighted by Gasteiger charge is 2.37. The van der Waals surface area contributed by atoms with Gasteiger partial charge in [0.2, 0.25) is 13.6 Å². The Morgan fingerprint density at radius 3 is 2.00 bits per heavy atom. The van der Waals surface area contributed by atoms with Crippen molar-refractivity contribution < 1.29 is 50.6 Å². The molecule has 0 radical (unpaired) electrons. The molecule has 12 nitrogen and oxygen atoms in total. The number of sulfonamides is 1. The number of fused-ring (bicyclic) bond motifs is 1. The molecule has 0 aromatic heterocycles. The minimum atomic E-state index is -4.60. The molecule has 0 N–H and O–H groups in total. The van der Waals surface area contributed by atoms with E-state index in [1.54, 1.807) is 64.1 Å². The third-order valence-corrected chi connectivity index (χ3v) is 9.51. The van der Waals surface area contributed by atoms with E-state index < -0.39 is 62.0 Å². The van der Waals surface area contributed by atoms with Gasteiger partial charge in [0, 0.05) is 14.9 Å². The van der Waals surface area contributed by atoms with Gasteiger partial charge in [0.1, 0.15) is 6.29 Å². The molecule has 234 valence electrons. The standard InChI is InChI=1S/C27H30BrClNO11PS/c1-18(2)40-26(31)36-16-38-42(33,39-17-37-27(32)41-19(3)4)15-30(25-11-7-9-20-8-5-6-10-24(20)25)43(34,35)23-13-21(28)12-22(29)14-23/h5-14,18-19H,15-17H2,1-4H3. The van der Waals surface area contributed by atoms with Crippen molar-refractivity contribution in [3.8, 4) is 0 Å². The van der Waals surface area contributed by atoms with E-state index in [9.17, 15) is 22.6 Å². The molecule has 0 aliphatic rings. The highest BCUT2D eigenvalue weighted by atomic mass is 79.9. The number of carbonyl (C=O) groups is 2. The molecule has 0 fully saturated rings. The van der Waals surface area contributed by atoms with E-state index >= 15 is 0 Å². The van der Waals surface area contributed by atoms with Crippen molar-refractivity contribution in [3.63, 3.8) is 0 Å². The minimum absolute atomic E-state index is 0.121. The summed E-state index contributed by atoms with van der Waals surface area (Å²) in [6.07, 6.45) is -4.21. The lowest BCUT2D eigenvalue weighted by Crippen LogP contribution is -2.33. The molecule has 3 aromatic rings. The fraction of sp³-hybridized carbons (Fsp3) is 0.333. The number of halogens is 2. The number of ether oxygens (including phenoxy) is 4. The molecule has 0 saturated heterocycles. The van der Waals surface area contributed by atoms with Crippen LogP contribution in [0, 0.1) is 0 Å². The van der Waals surface area contributed by atoms with Crippen LogP contribution >= 0.6 is 35.1 Å². The molecule has 0 spiro atoms. The van der Waals surface area contributed by atoms with Crippen molar-refractivity contribution in [2.24, 2.45) is 0 Å². The molecule has 43 heavy (non-hydrogen) atoms. The minimum Gasteiger partial charge on any atom is -0.432 e. The number of nitrogens with zero attached hydrogens (tertiary/aromatic N) is 1. The van der Waals surface area contributed by atoms with Gasteiger partial charge in [-0.15, -0.1) is 0 Å². The van der Waals surface area contributed by atoms with Gasteiger partial charge in [-0.2, -0.15) is 0 Å². The van der Waals surface area contributed by atoms with Crippen LogP contribution in [0.5, 0.6) is 0 Å². The van der Waals surface area contributed by atoms with Gasteiger partial charge < -0.3 is 18.9 Å². The van der Waals surface area contributed by atoms with Crippen LogP contribution in [-0.2, 0) is 42.6 Å². The number of benzene rings is 3. The largest absolute Gasteiger partial charge is 0.510 e. The Hall–Kier alpha value is -2.87. The predicted molar refractivity (Wildman–Crippen MR) is 163 cm³/mol. The first-order valence-corrected chi connectivity index (χ1v) is 17.1. The van der Waals surface area contributed by atoms with E-state index in [0.717, 1.165) is 4.31 Å². The molecule has 0 saturated carbocycles. The topological polar surface area (TPSA) is 144 Å². The lowest BCUT2D eigenvalue weighted by Gasteiger charge is -2.29. The molecule has 3 aromatic carbocycles. The zero-order valence-corrected chi connectivity index (χ0v) is 27.7. The summed E-state index contributed by atoms with van der Waals surface area (Å²) in [6.45, 7) is 4.47. The van der Waals surface area contributed by atoms with Gasteiger partial charge in [-0.1, -0.05) is 63.9 Å². The molecule has 0 bridgehead atoms. The second-order valence-corrected chi connectivity index (χ2v) is 14.6. The lowest BCUT2D eigenvalue weighted by molar-refractivity contribution is -0.0301. The second-order valence-electron chi connectivity index (χ2n) is 9.33. The monoisotopic (exact) mass is 721 g/mol. The molecule has 0 aliphatic heterocycles. The fourth-order valence-electron chi connectivity index (χ4n) is 3.55. The Bertz CT molecular complexity index is 1550. The van der Waals surface area contributed by atoms with Crippen molar-refractivity contribution in [2.75, 3.05) is 24.2 Å². The SMILES string of the molecule is CC(C)OC(=O)OCOP(=O)(CN(c1cccc2ccccc12)S(=O)(=O)c1cc(Cl)cc(Br)c1)OCOC(=O)OC(C)C. The summed E-state index contributed by atoms with van der Waals surface area (Å²) in [7, 11) is -9.12. The summed E-state index contributed by atoms with van der Waals surface area (Å²) in [6, 6.07) is 15.9. The maximum atomic E-state index is 14.2. The third-order valence-electron chi connectivity index (χ3n) is 5.28. The molecule has 3 rings (SSSR count). The molecule has 0 atom stereocenters. The van der Waals surface area contributed by atoms with Gasteiger partial charge in [-0.3, -0.25) is 17.9 Å². The van der Waals surface area contributed by atoms with Crippen LogP contribution in [0.3, 0.4) is 0 Å².